The second-order valence-electron chi connectivity index (χ2n) is 1.83. The summed E-state index contributed by atoms with van der Waals surface area (Å²) in [7, 11) is 0. The van der Waals surface area contributed by atoms with Crippen molar-refractivity contribution in [3.05, 3.63) is 29.0 Å². The normalized spacial score (nSPS) is 9.73. The van der Waals surface area contributed by atoms with Crippen LogP contribution in [-0.2, 0) is 0 Å². The number of rotatable bonds is 2. The topological polar surface area (TPSA) is 9.23 Å². The summed E-state index contributed by atoms with van der Waals surface area (Å²) in [5.74, 6) is -0.387. The fourth-order valence-corrected chi connectivity index (χ4v) is 0.927. The number of hydrogen-bond acceptors (Lipinski definition) is 1. The summed E-state index contributed by atoms with van der Waals surface area (Å²) >= 11 is 10.7. The van der Waals surface area contributed by atoms with E-state index >= 15 is 0 Å². The number of alkyl halides is 1. The van der Waals surface area contributed by atoms with Gasteiger partial charge in [0.2, 0.25) is 0 Å². The van der Waals surface area contributed by atoms with Crippen LogP contribution in [0.4, 0.5) is 4.39 Å². The van der Waals surface area contributed by atoms with E-state index in [1.807, 2.05) is 0 Å². The molecule has 0 fully saturated rings. The number of halogens is 3. The third-order valence-electron chi connectivity index (χ3n) is 1.10. The van der Waals surface area contributed by atoms with Gasteiger partial charge in [0.05, 0.1) is 0 Å². The highest BCUT2D eigenvalue weighted by atomic mass is 35.5. The molecule has 0 N–H and O–H groups in total. The van der Waals surface area contributed by atoms with Crippen molar-refractivity contribution in [2.75, 3.05) is 6.07 Å². The van der Waals surface area contributed by atoms with Crippen LogP contribution in [0.5, 0.6) is 5.75 Å². The highest BCUT2D eigenvalue weighted by molar-refractivity contribution is 6.30. The minimum Gasteiger partial charge on any atom is -0.475 e. The maximum Gasteiger partial charge on any atom is 0.166 e. The first-order valence-corrected chi connectivity index (χ1v) is 3.79. The van der Waals surface area contributed by atoms with Crippen LogP contribution < -0.4 is 4.74 Å². The smallest absolute Gasteiger partial charge is 0.166 e. The van der Waals surface area contributed by atoms with Crippen molar-refractivity contribution in [3.8, 4) is 5.75 Å². The van der Waals surface area contributed by atoms with Crippen molar-refractivity contribution >= 4 is 23.2 Å². The van der Waals surface area contributed by atoms with Gasteiger partial charge in [-0.05, 0) is 18.2 Å². The SMILES string of the molecule is Fc1cc(Cl)ccc1OCCl. The maximum absolute atomic E-state index is 12.8. The zero-order valence-electron chi connectivity index (χ0n) is 5.48. The van der Waals surface area contributed by atoms with Gasteiger partial charge in [-0.25, -0.2) is 4.39 Å². The molecule has 0 saturated heterocycles. The van der Waals surface area contributed by atoms with Gasteiger partial charge in [0, 0.05) is 5.02 Å². The summed E-state index contributed by atoms with van der Waals surface area (Å²) < 4.78 is 17.5. The number of benzene rings is 1. The zero-order valence-corrected chi connectivity index (χ0v) is 6.99. The molecule has 0 aromatic heterocycles. The zero-order chi connectivity index (χ0) is 8.27. The minimum absolute atomic E-state index is 0.0709. The fourth-order valence-electron chi connectivity index (χ4n) is 0.651. The van der Waals surface area contributed by atoms with Gasteiger partial charge in [-0.3, -0.25) is 0 Å². The van der Waals surface area contributed by atoms with Crippen LogP contribution in [-0.4, -0.2) is 6.07 Å². The first-order chi connectivity index (χ1) is 5.24. The van der Waals surface area contributed by atoms with Crippen molar-refractivity contribution in [1.82, 2.24) is 0 Å². The lowest BCUT2D eigenvalue weighted by Gasteiger charge is -2.01. The number of hydrogen-bond donors (Lipinski definition) is 0. The van der Waals surface area contributed by atoms with E-state index in [4.69, 9.17) is 27.9 Å². The molecule has 0 aliphatic heterocycles. The summed E-state index contributed by atoms with van der Waals surface area (Å²) in [6.07, 6.45) is 0. The lowest BCUT2D eigenvalue weighted by molar-refractivity contribution is 0.363. The Morgan fingerprint density at radius 1 is 1.45 bits per heavy atom. The van der Waals surface area contributed by atoms with Crippen molar-refractivity contribution in [2.45, 2.75) is 0 Å². The van der Waals surface area contributed by atoms with Crippen LogP contribution in [0.15, 0.2) is 18.2 Å². The van der Waals surface area contributed by atoms with E-state index in [0.717, 1.165) is 0 Å². The van der Waals surface area contributed by atoms with E-state index in [2.05, 4.69) is 0 Å². The van der Waals surface area contributed by atoms with E-state index in [1.54, 1.807) is 0 Å². The second kappa shape index (κ2) is 3.79. The summed E-state index contributed by atoms with van der Waals surface area (Å²) in [5.41, 5.74) is 0. The molecule has 11 heavy (non-hydrogen) atoms. The van der Waals surface area contributed by atoms with Crippen molar-refractivity contribution in [3.63, 3.8) is 0 Å². The summed E-state index contributed by atoms with van der Waals surface area (Å²) in [6, 6.07) is 4.06. The van der Waals surface area contributed by atoms with Crippen LogP contribution >= 0.6 is 23.2 Å². The van der Waals surface area contributed by atoms with Crippen LogP contribution in [0.3, 0.4) is 0 Å². The van der Waals surface area contributed by atoms with Gasteiger partial charge in [0.25, 0.3) is 0 Å². The monoisotopic (exact) mass is 194 g/mol. The van der Waals surface area contributed by atoms with E-state index in [-0.39, 0.29) is 11.8 Å². The molecule has 0 bridgehead atoms. The molecule has 0 amide bonds. The Labute approximate surface area is 73.7 Å². The van der Waals surface area contributed by atoms with Crippen molar-refractivity contribution in [2.24, 2.45) is 0 Å². The molecule has 1 nitrogen and oxygen atoms in total. The highest BCUT2D eigenvalue weighted by Crippen LogP contribution is 2.20. The predicted octanol–water partition coefficient (Wildman–Crippen LogP) is 3.05. The summed E-state index contributed by atoms with van der Waals surface area (Å²) in [5, 5.41) is 0.337. The molecule has 0 unspecified atom stereocenters. The molecule has 0 aliphatic rings. The Morgan fingerprint density at radius 2 is 2.18 bits per heavy atom. The molecule has 0 saturated carbocycles. The average Bonchev–Trinajstić information content (AvgIpc) is 1.95. The lowest BCUT2D eigenvalue weighted by atomic mass is 10.3. The van der Waals surface area contributed by atoms with E-state index in [1.165, 1.54) is 18.2 Å². The summed E-state index contributed by atoms with van der Waals surface area (Å²) in [6.45, 7) is 0. The first kappa shape index (κ1) is 8.62. The molecule has 60 valence electrons. The third kappa shape index (κ3) is 2.24. The Kier molecular flexibility index (Phi) is 2.97. The van der Waals surface area contributed by atoms with Crippen LogP contribution in [0.1, 0.15) is 0 Å². The van der Waals surface area contributed by atoms with Crippen LogP contribution in [0.2, 0.25) is 5.02 Å². The quantitative estimate of drug-likeness (QED) is 0.659. The predicted molar refractivity (Wildman–Crippen MR) is 42.8 cm³/mol. The van der Waals surface area contributed by atoms with Gasteiger partial charge in [-0.2, -0.15) is 0 Å². The number of ether oxygens (including phenoxy) is 1. The highest BCUT2D eigenvalue weighted by Gasteiger charge is 2.01. The fraction of sp³-hybridized carbons (Fsp3) is 0.143. The van der Waals surface area contributed by atoms with Crippen molar-refractivity contribution < 1.29 is 9.13 Å². The maximum atomic E-state index is 12.8. The first-order valence-electron chi connectivity index (χ1n) is 2.88. The van der Waals surface area contributed by atoms with Crippen molar-refractivity contribution in [1.29, 1.82) is 0 Å². The molecular weight excluding hydrogens is 190 g/mol. The molecular formula is C7H5Cl2FO. The largest absolute Gasteiger partial charge is 0.475 e. The lowest BCUT2D eigenvalue weighted by Crippen LogP contribution is -1.91. The standard InChI is InChI=1S/C7H5Cl2FO/c8-4-11-7-2-1-5(9)3-6(7)10/h1-3H,4H2. The summed E-state index contributed by atoms with van der Waals surface area (Å²) in [4.78, 5) is 0. The van der Waals surface area contributed by atoms with Gasteiger partial charge >= 0.3 is 0 Å². The average molecular weight is 195 g/mol. The minimum atomic E-state index is -0.502. The Hall–Kier alpha value is -0.470. The van der Waals surface area contributed by atoms with E-state index < -0.39 is 5.82 Å². The molecule has 0 spiro atoms. The Morgan fingerprint density at radius 3 is 2.73 bits per heavy atom. The third-order valence-corrected chi connectivity index (χ3v) is 1.45. The molecule has 1 aromatic carbocycles. The van der Waals surface area contributed by atoms with E-state index in [0.29, 0.717) is 5.02 Å². The Balaban J connectivity index is 2.90. The van der Waals surface area contributed by atoms with Crippen LogP contribution in [0.25, 0.3) is 0 Å². The molecule has 4 heteroatoms. The molecule has 0 atom stereocenters. The molecule has 1 aromatic rings. The van der Waals surface area contributed by atoms with Gasteiger partial charge < -0.3 is 4.74 Å². The van der Waals surface area contributed by atoms with Gasteiger partial charge in [-0.15, -0.1) is 0 Å². The van der Waals surface area contributed by atoms with Gasteiger partial charge in [0.15, 0.2) is 17.6 Å². The van der Waals surface area contributed by atoms with E-state index in [9.17, 15) is 4.39 Å². The van der Waals surface area contributed by atoms with Gasteiger partial charge in [0.1, 0.15) is 0 Å². The molecule has 0 heterocycles. The Bertz CT molecular complexity index is 252. The molecule has 0 aliphatic carbocycles. The molecule has 0 radical (unpaired) electrons. The van der Waals surface area contributed by atoms with Crippen LogP contribution in [0, 0.1) is 5.82 Å². The molecule has 1 rings (SSSR count). The van der Waals surface area contributed by atoms with Gasteiger partial charge in [-0.1, -0.05) is 23.2 Å². The second-order valence-corrected chi connectivity index (χ2v) is 2.48.